The average Bonchev–Trinajstić information content (AvgIpc) is 2.61. The summed E-state index contributed by atoms with van der Waals surface area (Å²) in [6.45, 7) is 5.03. The van der Waals surface area contributed by atoms with Crippen molar-refractivity contribution in [2.75, 3.05) is 32.7 Å². The topological polar surface area (TPSA) is 122 Å². The molecule has 1 aliphatic heterocycles. The molecule has 1 saturated heterocycles. The predicted octanol–water partition coefficient (Wildman–Crippen LogP) is -0.860. The van der Waals surface area contributed by atoms with Crippen LogP contribution >= 0.6 is 0 Å². The normalized spacial score (nSPS) is 17.0. The molecule has 0 radical (unpaired) electrons. The van der Waals surface area contributed by atoms with E-state index in [1.807, 2.05) is 6.92 Å². The van der Waals surface area contributed by atoms with E-state index in [4.69, 9.17) is 0 Å². The van der Waals surface area contributed by atoms with Crippen molar-refractivity contribution in [2.45, 2.75) is 19.4 Å². The maximum atomic E-state index is 12.6. The third-order valence-corrected chi connectivity index (χ3v) is 4.44. The maximum Gasteiger partial charge on any atom is 0.327 e. The molecule has 9 nitrogen and oxygen atoms in total. The van der Waals surface area contributed by atoms with Crippen molar-refractivity contribution in [3.8, 4) is 0 Å². The number of β-amino-alcohol motifs (C(OH)–C–C–N with tert-alkyl or cyclic N) is 1. The molecule has 0 aliphatic carbocycles. The first-order chi connectivity index (χ1) is 12.0. The van der Waals surface area contributed by atoms with Gasteiger partial charge in [-0.3, -0.25) is 24.5 Å². The van der Waals surface area contributed by atoms with E-state index in [-0.39, 0.29) is 23.0 Å². The lowest BCUT2D eigenvalue weighted by molar-refractivity contribution is 0.0523. The fraction of sp³-hybridized carbons (Fsp3) is 0.500. The number of aliphatic hydroxyl groups excluding tert-OH is 1. The smallest absolute Gasteiger partial charge is 0.327 e. The van der Waals surface area contributed by atoms with Crippen LogP contribution < -0.4 is 11.2 Å². The summed E-state index contributed by atoms with van der Waals surface area (Å²) >= 11 is 0. The second-order valence-electron chi connectivity index (χ2n) is 6.18. The summed E-state index contributed by atoms with van der Waals surface area (Å²) in [5.41, 5.74) is -0.732. The summed E-state index contributed by atoms with van der Waals surface area (Å²) in [5, 5.41) is 9.90. The van der Waals surface area contributed by atoms with Gasteiger partial charge in [0.2, 0.25) is 0 Å². The zero-order chi connectivity index (χ0) is 18.0. The second kappa shape index (κ2) is 7.16. The number of nitrogens with one attached hydrogen (secondary N) is 2. The molecular weight excluding hydrogens is 326 g/mol. The number of aliphatic hydroxyl groups is 1. The molecule has 0 bridgehead atoms. The molecule has 0 spiro atoms. The van der Waals surface area contributed by atoms with Gasteiger partial charge in [0.15, 0.2) is 0 Å². The van der Waals surface area contributed by atoms with E-state index in [9.17, 15) is 19.5 Å². The van der Waals surface area contributed by atoms with Crippen LogP contribution in [0.1, 0.15) is 23.7 Å². The van der Waals surface area contributed by atoms with E-state index in [2.05, 4.69) is 19.9 Å². The zero-order valence-electron chi connectivity index (χ0n) is 14.0. The lowest BCUT2D eigenvalue weighted by Crippen LogP contribution is -2.50. The number of aromatic nitrogens is 3. The number of amides is 1. The van der Waals surface area contributed by atoms with Gasteiger partial charge in [0, 0.05) is 38.9 Å². The minimum Gasteiger partial charge on any atom is -0.392 e. The summed E-state index contributed by atoms with van der Waals surface area (Å²) in [4.78, 5) is 48.2. The van der Waals surface area contributed by atoms with Gasteiger partial charge >= 0.3 is 5.69 Å². The number of pyridine rings is 1. The van der Waals surface area contributed by atoms with Gasteiger partial charge in [0.25, 0.3) is 11.5 Å². The van der Waals surface area contributed by atoms with Crippen molar-refractivity contribution in [3.63, 3.8) is 0 Å². The van der Waals surface area contributed by atoms with Gasteiger partial charge < -0.3 is 10.0 Å². The number of carbonyl (C=O) groups is 1. The van der Waals surface area contributed by atoms with Crippen molar-refractivity contribution in [3.05, 3.63) is 38.7 Å². The van der Waals surface area contributed by atoms with Gasteiger partial charge in [0.05, 0.1) is 17.1 Å². The minimum absolute atomic E-state index is 0.156. The van der Waals surface area contributed by atoms with Gasteiger partial charge in [-0.15, -0.1) is 0 Å². The lowest BCUT2D eigenvalue weighted by Gasteiger charge is -2.35. The second-order valence-corrected chi connectivity index (χ2v) is 6.18. The summed E-state index contributed by atoms with van der Waals surface area (Å²) in [5.74, 6) is -0.198. The van der Waals surface area contributed by atoms with Crippen molar-refractivity contribution in [1.82, 2.24) is 24.8 Å². The Hall–Kier alpha value is -2.52. The molecule has 134 valence electrons. The molecule has 1 fully saturated rings. The van der Waals surface area contributed by atoms with E-state index in [0.717, 1.165) is 0 Å². The first kappa shape index (κ1) is 17.3. The first-order valence-corrected chi connectivity index (χ1v) is 8.30. The van der Waals surface area contributed by atoms with E-state index >= 15 is 0 Å². The molecule has 9 heteroatoms. The zero-order valence-corrected chi connectivity index (χ0v) is 14.0. The average molecular weight is 347 g/mol. The summed E-state index contributed by atoms with van der Waals surface area (Å²) in [7, 11) is 0. The van der Waals surface area contributed by atoms with Gasteiger partial charge in [0.1, 0.15) is 5.65 Å². The number of hydrogen-bond donors (Lipinski definition) is 3. The number of aromatic amines is 2. The van der Waals surface area contributed by atoms with Crippen LogP contribution in [-0.2, 0) is 0 Å². The van der Waals surface area contributed by atoms with Crippen LogP contribution in [-0.4, -0.2) is 74.6 Å². The first-order valence-electron chi connectivity index (χ1n) is 8.30. The van der Waals surface area contributed by atoms with Gasteiger partial charge in [-0.2, -0.15) is 0 Å². The lowest BCUT2D eigenvalue weighted by atomic mass is 10.2. The van der Waals surface area contributed by atoms with E-state index in [1.165, 1.54) is 12.3 Å². The van der Waals surface area contributed by atoms with Crippen LogP contribution in [0.2, 0.25) is 0 Å². The highest BCUT2D eigenvalue weighted by molar-refractivity contribution is 5.96. The number of nitrogens with zero attached hydrogens (tertiary/aromatic N) is 3. The highest BCUT2D eigenvalue weighted by Crippen LogP contribution is 2.11. The highest BCUT2D eigenvalue weighted by atomic mass is 16.3. The Kier molecular flexibility index (Phi) is 4.95. The molecule has 1 atom stereocenters. The van der Waals surface area contributed by atoms with Crippen molar-refractivity contribution in [2.24, 2.45) is 0 Å². The van der Waals surface area contributed by atoms with Crippen molar-refractivity contribution >= 4 is 16.9 Å². The molecule has 0 aromatic carbocycles. The molecule has 25 heavy (non-hydrogen) atoms. The molecule has 0 unspecified atom stereocenters. The minimum atomic E-state index is -0.630. The van der Waals surface area contributed by atoms with Crippen molar-refractivity contribution < 1.29 is 9.90 Å². The SMILES string of the molecule is CC[C@H](O)CN1CCN(C(=O)c2cnc3[nH]c(=O)[nH]c(=O)c3c2)CC1. The Bertz CT molecular complexity index is 882. The van der Waals surface area contributed by atoms with Crippen LogP contribution in [0.3, 0.4) is 0 Å². The quantitative estimate of drug-likeness (QED) is 0.661. The molecule has 1 amide bonds. The molecule has 3 N–H and O–H groups in total. The Morgan fingerprint density at radius 1 is 1.28 bits per heavy atom. The van der Waals surface area contributed by atoms with Gasteiger partial charge in [-0.25, -0.2) is 9.78 Å². The fourth-order valence-corrected chi connectivity index (χ4v) is 2.91. The molecule has 3 heterocycles. The molecule has 2 aromatic heterocycles. The Balaban J connectivity index is 1.73. The van der Waals surface area contributed by atoms with Gasteiger partial charge in [-0.05, 0) is 12.5 Å². The number of piperazine rings is 1. The maximum absolute atomic E-state index is 12.6. The fourth-order valence-electron chi connectivity index (χ4n) is 2.91. The Morgan fingerprint density at radius 3 is 2.68 bits per heavy atom. The monoisotopic (exact) mass is 347 g/mol. The molecular formula is C16H21N5O4. The Labute approximate surface area is 143 Å². The summed E-state index contributed by atoms with van der Waals surface area (Å²) in [6, 6.07) is 1.45. The third-order valence-electron chi connectivity index (χ3n) is 4.44. The van der Waals surface area contributed by atoms with E-state index < -0.39 is 11.2 Å². The van der Waals surface area contributed by atoms with Crippen molar-refractivity contribution in [1.29, 1.82) is 0 Å². The van der Waals surface area contributed by atoms with Crippen LogP contribution in [0.25, 0.3) is 11.0 Å². The summed E-state index contributed by atoms with van der Waals surface area (Å²) < 4.78 is 0. The largest absolute Gasteiger partial charge is 0.392 e. The van der Waals surface area contributed by atoms with E-state index in [0.29, 0.717) is 44.7 Å². The molecule has 3 rings (SSSR count). The van der Waals surface area contributed by atoms with E-state index in [1.54, 1.807) is 4.90 Å². The predicted molar refractivity (Wildman–Crippen MR) is 91.6 cm³/mol. The van der Waals surface area contributed by atoms with Crippen LogP contribution in [0, 0.1) is 0 Å². The third kappa shape index (κ3) is 3.77. The molecule has 2 aromatic rings. The standard InChI is InChI=1S/C16H21N5O4/c1-2-11(22)9-20-3-5-21(6-4-20)15(24)10-7-12-13(17-8-10)18-16(25)19-14(12)23/h7-8,11,22H,2-6,9H2,1H3,(H2,17,18,19,23,25)/t11-/m0/s1. The Morgan fingerprint density at radius 2 is 2.00 bits per heavy atom. The number of rotatable bonds is 4. The van der Waals surface area contributed by atoms with Gasteiger partial charge in [-0.1, -0.05) is 6.92 Å². The van der Waals surface area contributed by atoms with Crippen LogP contribution in [0.5, 0.6) is 0 Å². The number of hydrogen-bond acceptors (Lipinski definition) is 6. The number of fused-ring (bicyclic) bond motifs is 1. The molecule has 1 aliphatic rings. The van der Waals surface area contributed by atoms with Crippen LogP contribution in [0.15, 0.2) is 21.9 Å². The highest BCUT2D eigenvalue weighted by Gasteiger charge is 2.23. The summed E-state index contributed by atoms with van der Waals surface area (Å²) in [6.07, 6.45) is 1.73. The molecule has 0 saturated carbocycles. The number of H-pyrrole nitrogens is 2. The number of carbonyl (C=O) groups excluding carboxylic acids is 1. The van der Waals surface area contributed by atoms with Crippen LogP contribution in [0.4, 0.5) is 0 Å².